The second-order valence-electron chi connectivity index (χ2n) is 8.04. The quantitative estimate of drug-likeness (QED) is 0.663. The highest BCUT2D eigenvalue weighted by molar-refractivity contribution is 5.73. The molecule has 1 unspecified atom stereocenters. The Balaban J connectivity index is 1.62. The molecular weight excluding hydrogens is 401 g/mol. The maximum atomic E-state index is 14.4. The van der Waals surface area contributed by atoms with E-state index in [4.69, 9.17) is 4.74 Å². The van der Waals surface area contributed by atoms with Crippen LogP contribution in [0.3, 0.4) is 0 Å². The van der Waals surface area contributed by atoms with E-state index in [0.29, 0.717) is 25.6 Å². The summed E-state index contributed by atoms with van der Waals surface area (Å²) in [5.74, 6) is 0.784. The third kappa shape index (κ3) is 6.04. The first-order valence-corrected chi connectivity index (χ1v) is 10.4. The summed E-state index contributed by atoms with van der Waals surface area (Å²) in [6, 6.07) is 7.54. The number of ether oxygens (including phenoxy) is 1. The number of nitrogens with one attached hydrogen (secondary N) is 1. The highest BCUT2D eigenvalue weighted by Gasteiger charge is 2.28. The van der Waals surface area contributed by atoms with Crippen molar-refractivity contribution in [2.24, 2.45) is 0 Å². The molecule has 0 aliphatic carbocycles. The van der Waals surface area contributed by atoms with Crippen molar-refractivity contribution in [1.29, 1.82) is 0 Å². The molecule has 1 aliphatic rings. The fraction of sp³-hybridized carbons (Fsp3) is 0.500. The van der Waals surface area contributed by atoms with Gasteiger partial charge in [-0.15, -0.1) is 0 Å². The number of benzene rings is 1. The maximum Gasteiger partial charge on any atom is 0.227 e. The average molecular weight is 432 g/mol. The number of carbonyl (C=O) groups excluding carboxylic acids is 1. The molecule has 168 valence electrons. The van der Waals surface area contributed by atoms with E-state index in [1.165, 1.54) is 13.1 Å². The van der Waals surface area contributed by atoms with Crippen molar-refractivity contribution >= 4 is 17.7 Å². The number of anilines is 2. The van der Waals surface area contributed by atoms with Gasteiger partial charge in [-0.05, 0) is 31.5 Å². The van der Waals surface area contributed by atoms with Gasteiger partial charge in [-0.3, -0.25) is 4.79 Å². The standard InChI is InChI=1S/C22H30FN5O3/c1-14(29)12-27(4)22-24-11-20(23)21(26-22)28-10-9-19(13-28)31-18-7-5-17(6-8-18)15(2)25-16(3)30/h5-8,11,14-15,19,29H,9-10,12-13H2,1-4H3,(H,25,30)/t14?,15-,19+/m0/s1. The van der Waals surface area contributed by atoms with Crippen LogP contribution in [0.1, 0.15) is 38.8 Å². The first-order valence-electron chi connectivity index (χ1n) is 10.4. The molecule has 1 aromatic carbocycles. The molecule has 0 spiro atoms. The summed E-state index contributed by atoms with van der Waals surface area (Å²) >= 11 is 0. The van der Waals surface area contributed by atoms with Gasteiger partial charge in [0.2, 0.25) is 11.9 Å². The van der Waals surface area contributed by atoms with Gasteiger partial charge in [0.1, 0.15) is 11.9 Å². The van der Waals surface area contributed by atoms with Gasteiger partial charge in [0.25, 0.3) is 0 Å². The average Bonchev–Trinajstić information content (AvgIpc) is 3.16. The summed E-state index contributed by atoms with van der Waals surface area (Å²) in [6.07, 6.45) is 1.28. The van der Waals surface area contributed by atoms with Crippen LogP contribution in [0, 0.1) is 5.82 Å². The molecular formula is C22H30FN5O3. The first kappa shape index (κ1) is 22.7. The van der Waals surface area contributed by atoms with Gasteiger partial charge >= 0.3 is 0 Å². The van der Waals surface area contributed by atoms with E-state index in [-0.39, 0.29) is 23.9 Å². The van der Waals surface area contributed by atoms with E-state index in [0.717, 1.165) is 17.7 Å². The van der Waals surface area contributed by atoms with Crippen LogP contribution in [-0.4, -0.2) is 59.9 Å². The van der Waals surface area contributed by atoms with Gasteiger partial charge in [0, 0.05) is 33.5 Å². The third-order valence-electron chi connectivity index (χ3n) is 5.14. The van der Waals surface area contributed by atoms with E-state index < -0.39 is 11.9 Å². The lowest BCUT2D eigenvalue weighted by Crippen LogP contribution is -2.30. The number of amides is 1. The molecule has 9 heteroatoms. The number of aromatic nitrogens is 2. The molecule has 3 rings (SSSR count). The molecule has 2 N–H and O–H groups in total. The van der Waals surface area contributed by atoms with Crippen LogP contribution in [0.2, 0.25) is 0 Å². The lowest BCUT2D eigenvalue weighted by Gasteiger charge is -2.22. The van der Waals surface area contributed by atoms with Crippen LogP contribution in [0.25, 0.3) is 0 Å². The lowest BCUT2D eigenvalue weighted by atomic mass is 10.1. The molecule has 0 radical (unpaired) electrons. The first-order chi connectivity index (χ1) is 14.7. The topological polar surface area (TPSA) is 90.8 Å². The normalized spacial score (nSPS) is 17.9. The van der Waals surface area contributed by atoms with Crippen molar-refractivity contribution in [2.45, 2.75) is 45.4 Å². The Kier molecular flexibility index (Phi) is 7.27. The SMILES string of the molecule is CC(=O)N[C@@H](C)c1ccc(O[C@@H]2CCN(c3nc(N(C)CC(C)O)ncc3F)C2)cc1. The zero-order valence-corrected chi connectivity index (χ0v) is 18.4. The molecule has 8 nitrogen and oxygen atoms in total. The molecule has 31 heavy (non-hydrogen) atoms. The minimum Gasteiger partial charge on any atom is -0.489 e. The van der Waals surface area contributed by atoms with Crippen molar-refractivity contribution in [1.82, 2.24) is 15.3 Å². The van der Waals surface area contributed by atoms with Gasteiger partial charge in [0.05, 0.1) is 24.9 Å². The Morgan fingerprint density at radius 1 is 1.39 bits per heavy atom. The van der Waals surface area contributed by atoms with Crippen LogP contribution in [0.15, 0.2) is 30.5 Å². The number of aliphatic hydroxyl groups excluding tert-OH is 1. The van der Waals surface area contributed by atoms with Crippen LogP contribution in [-0.2, 0) is 4.79 Å². The van der Waals surface area contributed by atoms with E-state index in [1.807, 2.05) is 36.1 Å². The summed E-state index contributed by atoms with van der Waals surface area (Å²) in [5, 5.41) is 12.4. The molecule has 1 fully saturated rings. The van der Waals surface area contributed by atoms with E-state index in [9.17, 15) is 14.3 Å². The Labute approximate surface area is 182 Å². The minimum absolute atomic E-state index is 0.0731. The van der Waals surface area contributed by atoms with Crippen molar-refractivity contribution in [3.8, 4) is 5.75 Å². The molecule has 2 aromatic rings. The Morgan fingerprint density at radius 2 is 2.10 bits per heavy atom. The molecule has 1 aliphatic heterocycles. The van der Waals surface area contributed by atoms with Crippen LogP contribution < -0.4 is 19.9 Å². The van der Waals surface area contributed by atoms with E-state index in [2.05, 4.69) is 15.3 Å². The second kappa shape index (κ2) is 9.91. The highest BCUT2D eigenvalue weighted by atomic mass is 19.1. The van der Waals surface area contributed by atoms with Gasteiger partial charge < -0.3 is 25.0 Å². The zero-order chi connectivity index (χ0) is 22.5. The highest BCUT2D eigenvalue weighted by Crippen LogP contribution is 2.26. The number of aliphatic hydroxyl groups is 1. The predicted octanol–water partition coefficient (Wildman–Crippen LogP) is 2.29. The number of nitrogens with zero attached hydrogens (tertiary/aromatic N) is 4. The summed E-state index contributed by atoms with van der Waals surface area (Å²) in [6.45, 7) is 6.58. The van der Waals surface area contributed by atoms with Gasteiger partial charge in [-0.1, -0.05) is 12.1 Å². The van der Waals surface area contributed by atoms with Gasteiger partial charge in [-0.2, -0.15) is 4.98 Å². The summed E-state index contributed by atoms with van der Waals surface area (Å²) in [7, 11) is 1.76. The zero-order valence-electron chi connectivity index (χ0n) is 18.4. The monoisotopic (exact) mass is 431 g/mol. The fourth-order valence-corrected chi connectivity index (χ4v) is 3.67. The number of halogens is 1. The van der Waals surface area contributed by atoms with Crippen molar-refractivity contribution in [3.63, 3.8) is 0 Å². The van der Waals surface area contributed by atoms with Crippen molar-refractivity contribution < 1.29 is 19.0 Å². The molecule has 0 saturated carbocycles. The molecule has 3 atom stereocenters. The summed E-state index contributed by atoms with van der Waals surface area (Å²) in [4.78, 5) is 23.2. The van der Waals surface area contributed by atoms with Crippen LogP contribution in [0.4, 0.5) is 16.2 Å². The molecule has 1 aromatic heterocycles. The Bertz CT molecular complexity index is 893. The van der Waals surface area contributed by atoms with Crippen molar-refractivity contribution in [3.05, 3.63) is 41.8 Å². The van der Waals surface area contributed by atoms with Crippen LogP contribution in [0.5, 0.6) is 5.75 Å². The smallest absolute Gasteiger partial charge is 0.227 e. The summed E-state index contributed by atoms with van der Waals surface area (Å²) < 4.78 is 20.5. The number of hydrogen-bond acceptors (Lipinski definition) is 7. The number of likely N-dealkylation sites (N-methyl/N-ethyl adjacent to an activating group) is 1. The van der Waals surface area contributed by atoms with Crippen molar-refractivity contribution in [2.75, 3.05) is 36.5 Å². The van der Waals surface area contributed by atoms with Gasteiger partial charge in [-0.25, -0.2) is 9.37 Å². The van der Waals surface area contributed by atoms with Gasteiger partial charge in [0.15, 0.2) is 11.6 Å². The lowest BCUT2D eigenvalue weighted by molar-refractivity contribution is -0.119. The minimum atomic E-state index is -0.542. The second-order valence-corrected chi connectivity index (χ2v) is 8.04. The van der Waals surface area contributed by atoms with Crippen LogP contribution >= 0.6 is 0 Å². The predicted molar refractivity (Wildman–Crippen MR) is 117 cm³/mol. The molecule has 1 saturated heterocycles. The summed E-state index contributed by atoms with van der Waals surface area (Å²) in [5.41, 5.74) is 0.993. The molecule has 2 heterocycles. The number of carbonyl (C=O) groups is 1. The number of rotatable bonds is 8. The number of hydrogen-bond donors (Lipinski definition) is 2. The Morgan fingerprint density at radius 3 is 2.74 bits per heavy atom. The Hall–Kier alpha value is -2.94. The van der Waals surface area contributed by atoms with E-state index in [1.54, 1.807) is 18.9 Å². The fourth-order valence-electron chi connectivity index (χ4n) is 3.67. The molecule has 1 amide bonds. The third-order valence-corrected chi connectivity index (χ3v) is 5.14. The largest absolute Gasteiger partial charge is 0.489 e. The maximum absolute atomic E-state index is 14.4. The van der Waals surface area contributed by atoms with E-state index >= 15 is 0 Å². The molecule has 0 bridgehead atoms.